The molecule has 280 valence electrons. The molecule has 7 aromatic carbocycles. The van der Waals surface area contributed by atoms with Crippen molar-refractivity contribution in [3.8, 4) is 11.1 Å². The predicted molar refractivity (Wildman–Crippen MR) is 243 cm³/mol. The number of benzene rings is 7. The van der Waals surface area contributed by atoms with Crippen LogP contribution in [-0.4, -0.2) is 0 Å². The van der Waals surface area contributed by atoms with Gasteiger partial charge in [0.1, 0.15) is 0 Å². The van der Waals surface area contributed by atoms with Crippen LogP contribution in [0, 0.1) is 11.3 Å². The van der Waals surface area contributed by atoms with E-state index in [1.54, 1.807) is 0 Å². The molecule has 11 rings (SSSR count). The van der Waals surface area contributed by atoms with Gasteiger partial charge in [-0.2, -0.15) is 0 Å². The minimum Gasteiger partial charge on any atom is -0.311 e. The summed E-state index contributed by atoms with van der Waals surface area (Å²) in [6, 6.07) is 63.3. The number of nitrogens with zero attached hydrogens (tertiary/aromatic N) is 1. The third-order valence-corrected chi connectivity index (χ3v) is 14.0. The molecular weight excluding hydrogens is 699 g/mol. The van der Waals surface area contributed by atoms with E-state index in [0.29, 0.717) is 5.92 Å². The lowest BCUT2D eigenvalue weighted by Gasteiger charge is -2.43. The van der Waals surface area contributed by atoms with Crippen LogP contribution in [0.15, 0.2) is 212 Å². The van der Waals surface area contributed by atoms with Gasteiger partial charge in [0.15, 0.2) is 0 Å². The van der Waals surface area contributed by atoms with E-state index in [4.69, 9.17) is 0 Å². The van der Waals surface area contributed by atoms with Crippen LogP contribution in [0.5, 0.6) is 0 Å². The van der Waals surface area contributed by atoms with Crippen molar-refractivity contribution in [1.29, 1.82) is 0 Å². The maximum absolute atomic E-state index is 2.54. The fraction of sp³-hybridized carbons (Fsp3) is 0.158. The Labute approximate surface area is 343 Å². The van der Waals surface area contributed by atoms with Gasteiger partial charge in [-0.1, -0.05) is 179 Å². The molecule has 2 atom stereocenters. The van der Waals surface area contributed by atoms with Crippen molar-refractivity contribution >= 4 is 27.7 Å². The van der Waals surface area contributed by atoms with Crippen molar-refractivity contribution in [2.75, 3.05) is 4.90 Å². The Kier molecular flexibility index (Phi) is 7.82. The minimum absolute atomic E-state index is 0.0665. The second-order valence-corrected chi connectivity index (χ2v) is 17.5. The minimum atomic E-state index is -0.395. The van der Waals surface area contributed by atoms with Crippen molar-refractivity contribution in [3.63, 3.8) is 0 Å². The zero-order valence-electron chi connectivity index (χ0n) is 33.5. The molecule has 0 fully saturated rings. The lowest BCUT2D eigenvalue weighted by atomic mass is 9.60. The summed E-state index contributed by atoms with van der Waals surface area (Å²) in [6.07, 6.45) is 14.3. The molecule has 0 spiro atoms. The summed E-state index contributed by atoms with van der Waals surface area (Å²) in [5.41, 5.74) is 16.9. The SMILES string of the molecule is CC1(C)c2ccccc2-c2ccc(N(C3=CCC(C4(C)C=CC5=C(C4)C(c4ccccc4)(c4ccccc4)c4cc6ccccc6cc45)C=C3)c3ccccc3)cc21. The van der Waals surface area contributed by atoms with E-state index >= 15 is 0 Å². The molecule has 0 bridgehead atoms. The van der Waals surface area contributed by atoms with Gasteiger partial charge in [0.2, 0.25) is 0 Å². The number of para-hydroxylation sites is 1. The fourth-order valence-corrected chi connectivity index (χ4v) is 11.0. The van der Waals surface area contributed by atoms with Crippen molar-refractivity contribution in [2.24, 2.45) is 11.3 Å². The van der Waals surface area contributed by atoms with Gasteiger partial charge in [-0.15, -0.1) is 0 Å². The van der Waals surface area contributed by atoms with Crippen LogP contribution in [-0.2, 0) is 10.8 Å². The molecule has 0 aliphatic heterocycles. The molecule has 0 saturated heterocycles. The van der Waals surface area contributed by atoms with Crippen LogP contribution in [0.4, 0.5) is 11.4 Å². The lowest BCUT2D eigenvalue weighted by molar-refractivity contribution is 0.295. The maximum atomic E-state index is 2.54. The van der Waals surface area contributed by atoms with Gasteiger partial charge in [-0.3, -0.25) is 0 Å². The highest BCUT2D eigenvalue weighted by atomic mass is 15.1. The van der Waals surface area contributed by atoms with E-state index in [9.17, 15) is 0 Å². The lowest BCUT2D eigenvalue weighted by Crippen LogP contribution is -2.35. The Morgan fingerprint density at radius 1 is 0.517 bits per heavy atom. The summed E-state index contributed by atoms with van der Waals surface area (Å²) in [7, 11) is 0. The molecule has 1 heteroatoms. The van der Waals surface area contributed by atoms with E-state index in [0.717, 1.165) is 12.8 Å². The predicted octanol–water partition coefficient (Wildman–Crippen LogP) is 14.5. The highest BCUT2D eigenvalue weighted by molar-refractivity contribution is 5.97. The van der Waals surface area contributed by atoms with Crippen LogP contribution in [0.2, 0.25) is 0 Å². The van der Waals surface area contributed by atoms with Gasteiger partial charge < -0.3 is 4.90 Å². The van der Waals surface area contributed by atoms with E-state index in [1.165, 1.54) is 83.5 Å². The topological polar surface area (TPSA) is 3.24 Å². The third kappa shape index (κ3) is 5.09. The van der Waals surface area contributed by atoms with Crippen LogP contribution in [0.1, 0.15) is 67.0 Å². The van der Waals surface area contributed by atoms with E-state index < -0.39 is 5.41 Å². The van der Waals surface area contributed by atoms with Crippen LogP contribution in [0.3, 0.4) is 0 Å². The third-order valence-electron chi connectivity index (χ3n) is 14.0. The normalized spacial score (nSPS) is 20.6. The first-order chi connectivity index (χ1) is 28.4. The van der Waals surface area contributed by atoms with Gasteiger partial charge >= 0.3 is 0 Å². The quantitative estimate of drug-likeness (QED) is 0.164. The number of rotatable bonds is 6. The van der Waals surface area contributed by atoms with Crippen molar-refractivity contribution in [1.82, 2.24) is 0 Å². The Balaban J connectivity index is 0.984. The zero-order chi connectivity index (χ0) is 39.1. The zero-order valence-corrected chi connectivity index (χ0v) is 33.5. The van der Waals surface area contributed by atoms with E-state index in [1.807, 2.05) is 0 Å². The first-order valence-corrected chi connectivity index (χ1v) is 20.9. The first kappa shape index (κ1) is 34.8. The van der Waals surface area contributed by atoms with Crippen molar-refractivity contribution in [2.45, 2.75) is 44.4 Å². The summed E-state index contributed by atoms with van der Waals surface area (Å²) >= 11 is 0. The summed E-state index contributed by atoms with van der Waals surface area (Å²) < 4.78 is 0. The highest BCUT2D eigenvalue weighted by Gasteiger charge is 2.51. The standard InChI is InChI=1S/C57H47N/c1-55(2)51-26-16-15-25-47(51)48-32-31-46(37-52(48)55)58(44-23-11-6-12-24-44)45-29-27-41(28-30-45)56(3)34-33-49-50-35-39-17-13-14-18-40(39)36-53(50)57(54(49)38-56,42-19-7-4-8-20-42)43-21-9-5-10-22-43/h4-27,29-37,41H,28,38H2,1-3H3. The molecule has 4 aliphatic rings. The maximum Gasteiger partial charge on any atom is 0.0677 e. The molecule has 0 saturated carbocycles. The molecule has 0 radical (unpaired) electrons. The van der Waals surface area contributed by atoms with E-state index in [2.05, 4.69) is 226 Å². The average Bonchev–Trinajstić information content (AvgIpc) is 3.68. The van der Waals surface area contributed by atoms with Crippen molar-refractivity contribution in [3.05, 3.63) is 245 Å². The van der Waals surface area contributed by atoms with Gasteiger partial charge in [-0.05, 0) is 133 Å². The van der Waals surface area contributed by atoms with Gasteiger partial charge in [-0.25, -0.2) is 0 Å². The molecule has 7 aromatic rings. The monoisotopic (exact) mass is 745 g/mol. The second kappa shape index (κ2) is 13.0. The Bertz CT molecular complexity index is 2830. The molecule has 0 heterocycles. The number of hydrogen-bond donors (Lipinski definition) is 0. The molecule has 2 unspecified atom stereocenters. The Morgan fingerprint density at radius 2 is 1.14 bits per heavy atom. The molecule has 4 aliphatic carbocycles. The summed E-state index contributed by atoms with van der Waals surface area (Å²) in [5, 5.41) is 2.58. The van der Waals surface area contributed by atoms with Gasteiger partial charge in [0, 0.05) is 22.5 Å². The van der Waals surface area contributed by atoms with Gasteiger partial charge in [0.05, 0.1) is 5.41 Å². The average molecular weight is 746 g/mol. The molecule has 1 nitrogen and oxygen atoms in total. The van der Waals surface area contributed by atoms with Crippen LogP contribution in [0.25, 0.3) is 27.5 Å². The van der Waals surface area contributed by atoms with Crippen molar-refractivity contribution < 1.29 is 0 Å². The largest absolute Gasteiger partial charge is 0.311 e. The highest BCUT2D eigenvalue weighted by Crippen LogP contribution is 2.61. The molecule has 0 aromatic heterocycles. The Hall–Kier alpha value is -6.44. The fourth-order valence-electron chi connectivity index (χ4n) is 11.0. The summed E-state index contributed by atoms with van der Waals surface area (Å²) in [4.78, 5) is 2.46. The number of allylic oxidation sites excluding steroid dienone is 7. The summed E-state index contributed by atoms with van der Waals surface area (Å²) in [5.74, 6) is 0.333. The van der Waals surface area contributed by atoms with Crippen LogP contribution < -0.4 is 4.90 Å². The molecule has 0 amide bonds. The molecular formula is C57H47N. The van der Waals surface area contributed by atoms with E-state index in [-0.39, 0.29) is 10.8 Å². The molecule has 0 N–H and O–H groups in total. The molecule has 58 heavy (non-hydrogen) atoms. The first-order valence-electron chi connectivity index (χ1n) is 20.9. The number of fused-ring (bicyclic) bond motifs is 6. The smallest absolute Gasteiger partial charge is 0.0677 e. The summed E-state index contributed by atoms with van der Waals surface area (Å²) in [6.45, 7) is 7.23. The Morgan fingerprint density at radius 3 is 1.83 bits per heavy atom. The van der Waals surface area contributed by atoms with Crippen LogP contribution >= 0.6 is 0 Å². The van der Waals surface area contributed by atoms with Gasteiger partial charge in [0.25, 0.3) is 0 Å². The number of hydrogen-bond acceptors (Lipinski definition) is 1. The number of anilines is 2. The second-order valence-electron chi connectivity index (χ2n) is 17.5.